The zero-order chi connectivity index (χ0) is 13.0. The van der Waals surface area contributed by atoms with E-state index in [-0.39, 0.29) is 17.0 Å². The van der Waals surface area contributed by atoms with Crippen LogP contribution in [0.25, 0.3) is 10.2 Å². The molecule has 0 saturated heterocycles. The van der Waals surface area contributed by atoms with Gasteiger partial charge in [-0.05, 0) is 19.8 Å². The lowest BCUT2D eigenvalue weighted by Gasteiger charge is -2.03. The van der Waals surface area contributed by atoms with E-state index in [1.165, 1.54) is 15.9 Å². The quantitative estimate of drug-likeness (QED) is 0.851. The molecule has 2 N–H and O–H groups in total. The second-order valence-corrected chi connectivity index (χ2v) is 5.58. The standard InChI is InChI=1S/C11H10N2O4S/c1-4-6(10(15)16)7-8(14)12-11(17)13(5-2-3-5)9(7)18-4/h5H,2-3H2,1H3,(H,15,16)(H,12,14,17). The molecule has 3 rings (SSSR count). The molecule has 1 saturated carbocycles. The molecule has 2 aromatic rings. The molecule has 0 aromatic carbocycles. The Morgan fingerprint density at radius 3 is 2.67 bits per heavy atom. The van der Waals surface area contributed by atoms with Gasteiger partial charge in [-0.3, -0.25) is 14.3 Å². The normalized spacial score (nSPS) is 15.2. The summed E-state index contributed by atoms with van der Waals surface area (Å²) in [6.45, 7) is 1.65. The van der Waals surface area contributed by atoms with Crippen LogP contribution in [0, 0.1) is 6.92 Å². The first kappa shape index (κ1) is 11.2. The number of hydrogen-bond acceptors (Lipinski definition) is 4. The van der Waals surface area contributed by atoms with Gasteiger partial charge in [-0.25, -0.2) is 9.59 Å². The SMILES string of the molecule is Cc1sc2c(c1C(=O)O)c(=O)[nH]c(=O)n2C1CC1. The van der Waals surface area contributed by atoms with Crippen molar-refractivity contribution >= 4 is 27.5 Å². The summed E-state index contributed by atoms with van der Waals surface area (Å²) in [5.74, 6) is -1.13. The molecule has 94 valence electrons. The van der Waals surface area contributed by atoms with Crippen LogP contribution in [0.1, 0.15) is 34.1 Å². The Hall–Kier alpha value is -1.89. The van der Waals surface area contributed by atoms with Crippen LogP contribution in [-0.4, -0.2) is 20.6 Å². The van der Waals surface area contributed by atoms with Gasteiger partial charge in [0.15, 0.2) is 0 Å². The minimum absolute atomic E-state index is 0.00523. The summed E-state index contributed by atoms with van der Waals surface area (Å²) in [7, 11) is 0. The molecule has 1 aliphatic carbocycles. The van der Waals surface area contributed by atoms with Gasteiger partial charge in [-0.2, -0.15) is 0 Å². The number of aromatic amines is 1. The van der Waals surface area contributed by atoms with Crippen molar-refractivity contribution in [1.29, 1.82) is 0 Å². The number of aryl methyl sites for hydroxylation is 1. The minimum Gasteiger partial charge on any atom is -0.478 e. The Kier molecular flexibility index (Phi) is 2.21. The number of carboxylic acid groups (broad SMARTS) is 1. The highest BCUT2D eigenvalue weighted by molar-refractivity contribution is 7.19. The molecule has 0 radical (unpaired) electrons. The van der Waals surface area contributed by atoms with Gasteiger partial charge in [0, 0.05) is 10.9 Å². The van der Waals surface area contributed by atoms with Crippen molar-refractivity contribution < 1.29 is 9.90 Å². The monoisotopic (exact) mass is 266 g/mol. The van der Waals surface area contributed by atoms with E-state index in [1.807, 2.05) is 0 Å². The van der Waals surface area contributed by atoms with E-state index >= 15 is 0 Å². The number of carboxylic acids is 1. The van der Waals surface area contributed by atoms with E-state index in [9.17, 15) is 14.4 Å². The van der Waals surface area contributed by atoms with E-state index in [1.54, 1.807) is 6.92 Å². The summed E-state index contributed by atoms with van der Waals surface area (Å²) >= 11 is 1.19. The summed E-state index contributed by atoms with van der Waals surface area (Å²) in [5.41, 5.74) is -1.06. The summed E-state index contributed by atoms with van der Waals surface area (Å²) in [6, 6.07) is 0.0940. The van der Waals surface area contributed by atoms with Gasteiger partial charge in [0.2, 0.25) is 0 Å². The third kappa shape index (κ3) is 1.43. The zero-order valence-corrected chi connectivity index (χ0v) is 10.3. The molecule has 0 bridgehead atoms. The topological polar surface area (TPSA) is 92.2 Å². The highest BCUT2D eigenvalue weighted by atomic mass is 32.1. The molecule has 0 spiro atoms. The number of aromatic carboxylic acids is 1. The summed E-state index contributed by atoms with van der Waals surface area (Å²) < 4.78 is 1.51. The fraction of sp³-hybridized carbons (Fsp3) is 0.364. The van der Waals surface area contributed by atoms with Gasteiger partial charge < -0.3 is 5.11 Å². The third-order valence-corrected chi connectivity index (χ3v) is 4.18. The lowest BCUT2D eigenvalue weighted by atomic mass is 10.2. The zero-order valence-electron chi connectivity index (χ0n) is 9.52. The number of nitrogens with zero attached hydrogens (tertiary/aromatic N) is 1. The third-order valence-electron chi connectivity index (χ3n) is 3.08. The molecular weight excluding hydrogens is 256 g/mol. The van der Waals surface area contributed by atoms with Crippen molar-refractivity contribution in [2.75, 3.05) is 0 Å². The maximum atomic E-state index is 11.8. The molecule has 2 aromatic heterocycles. The van der Waals surface area contributed by atoms with Crippen molar-refractivity contribution in [3.8, 4) is 0 Å². The predicted octanol–water partition coefficient (Wildman–Crippen LogP) is 1.09. The Balaban J connectivity index is 2.52. The highest BCUT2D eigenvalue weighted by Gasteiger charge is 2.30. The van der Waals surface area contributed by atoms with Crippen molar-refractivity contribution in [3.05, 3.63) is 31.3 Å². The molecule has 1 aliphatic rings. The second kappa shape index (κ2) is 3.55. The van der Waals surface area contributed by atoms with E-state index < -0.39 is 17.2 Å². The van der Waals surface area contributed by atoms with Gasteiger partial charge in [0.1, 0.15) is 4.83 Å². The summed E-state index contributed by atoms with van der Waals surface area (Å²) in [5, 5.41) is 9.28. The first-order valence-electron chi connectivity index (χ1n) is 5.52. The number of H-pyrrole nitrogens is 1. The molecule has 1 fully saturated rings. The lowest BCUT2D eigenvalue weighted by molar-refractivity contribution is 0.0698. The van der Waals surface area contributed by atoms with Crippen LogP contribution in [0.4, 0.5) is 0 Å². The van der Waals surface area contributed by atoms with E-state index in [0.717, 1.165) is 12.8 Å². The average molecular weight is 266 g/mol. The molecule has 2 heterocycles. The molecule has 0 aliphatic heterocycles. The van der Waals surface area contributed by atoms with Crippen molar-refractivity contribution in [2.24, 2.45) is 0 Å². The fourth-order valence-electron chi connectivity index (χ4n) is 2.14. The van der Waals surface area contributed by atoms with Gasteiger partial charge in [-0.15, -0.1) is 11.3 Å². The first-order chi connectivity index (χ1) is 8.50. The fourth-order valence-corrected chi connectivity index (χ4v) is 3.35. The largest absolute Gasteiger partial charge is 0.478 e. The maximum absolute atomic E-state index is 11.8. The minimum atomic E-state index is -1.13. The van der Waals surface area contributed by atoms with Gasteiger partial charge in [0.25, 0.3) is 5.56 Å². The van der Waals surface area contributed by atoms with Crippen LogP contribution in [-0.2, 0) is 0 Å². The van der Waals surface area contributed by atoms with Crippen LogP contribution in [0.5, 0.6) is 0 Å². The van der Waals surface area contributed by atoms with Crippen molar-refractivity contribution in [2.45, 2.75) is 25.8 Å². The van der Waals surface area contributed by atoms with Crippen LogP contribution < -0.4 is 11.2 Å². The van der Waals surface area contributed by atoms with Crippen molar-refractivity contribution in [1.82, 2.24) is 9.55 Å². The number of thiophene rings is 1. The predicted molar refractivity (Wildman–Crippen MR) is 66.7 cm³/mol. The maximum Gasteiger partial charge on any atom is 0.337 e. The Labute approximate surface area is 105 Å². The van der Waals surface area contributed by atoms with Crippen LogP contribution in [0.3, 0.4) is 0 Å². The number of rotatable bonds is 2. The Bertz CT molecular complexity index is 779. The van der Waals surface area contributed by atoms with E-state index in [2.05, 4.69) is 4.98 Å². The van der Waals surface area contributed by atoms with Crippen LogP contribution in [0.2, 0.25) is 0 Å². The first-order valence-corrected chi connectivity index (χ1v) is 6.33. The second-order valence-electron chi connectivity index (χ2n) is 4.38. The molecule has 0 amide bonds. The van der Waals surface area contributed by atoms with Crippen LogP contribution in [0.15, 0.2) is 9.59 Å². The summed E-state index contributed by atoms with van der Waals surface area (Å²) in [6.07, 6.45) is 1.78. The van der Waals surface area contributed by atoms with Gasteiger partial charge >= 0.3 is 11.7 Å². The molecular formula is C11H10N2O4S. The molecule has 0 atom stereocenters. The van der Waals surface area contributed by atoms with E-state index in [0.29, 0.717) is 9.71 Å². The van der Waals surface area contributed by atoms with Gasteiger partial charge in [-0.1, -0.05) is 0 Å². The smallest absolute Gasteiger partial charge is 0.337 e. The number of nitrogens with one attached hydrogen (secondary N) is 1. The Morgan fingerprint density at radius 2 is 2.11 bits per heavy atom. The molecule has 6 nitrogen and oxygen atoms in total. The number of aromatic nitrogens is 2. The highest BCUT2D eigenvalue weighted by Crippen LogP contribution is 2.38. The average Bonchev–Trinajstić information content (AvgIpc) is 3.00. The van der Waals surface area contributed by atoms with Crippen LogP contribution >= 0.6 is 11.3 Å². The molecule has 18 heavy (non-hydrogen) atoms. The van der Waals surface area contributed by atoms with Crippen molar-refractivity contribution in [3.63, 3.8) is 0 Å². The van der Waals surface area contributed by atoms with E-state index in [4.69, 9.17) is 5.11 Å². The number of fused-ring (bicyclic) bond motifs is 1. The summed E-state index contributed by atoms with van der Waals surface area (Å²) in [4.78, 5) is 38.0. The number of carbonyl (C=O) groups is 1. The molecule has 0 unspecified atom stereocenters. The molecule has 7 heteroatoms. The Morgan fingerprint density at radius 1 is 1.44 bits per heavy atom. The lowest BCUT2D eigenvalue weighted by Crippen LogP contribution is -2.29. The van der Waals surface area contributed by atoms with Gasteiger partial charge in [0.05, 0.1) is 10.9 Å². The number of hydrogen-bond donors (Lipinski definition) is 2.